The number of hydrogen-bond acceptors (Lipinski definition) is 4. The minimum atomic E-state index is -4.05. The fourth-order valence-electron chi connectivity index (χ4n) is 4.41. The number of methoxy groups -OCH3 is 1. The SMILES string of the molecule is COC(=O)c1cc2c(s1)[C@H](C(C)C)N(C[C@H]1CC[C@H](C(F)(F)F)CC1)C2. The Morgan fingerprint density at radius 2 is 1.96 bits per heavy atom. The van der Waals surface area contributed by atoms with Crippen molar-refractivity contribution in [2.75, 3.05) is 13.7 Å². The lowest BCUT2D eigenvalue weighted by Crippen LogP contribution is -2.35. The lowest BCUT2D eigenvalue weighted by molar-refractivity contribution is -0.184. The molecular formula is C19H26F3NO2S. The van der Waals surface area contributed by atoms with Crippen LogP contribution in [0.25, 0.3) is 0 Å². The van der Waals surface area contributed by atoms with Crippen LogP contribution in [-0.2, 0) is 11.3 Å². The van der Waals surface area contributed by atoms with Gasteiger partial charge in [0.2, 0.25) is 0 Å². The Bertz CT molecular complexity index is 648. The highest BCUT2D eigenvalue weighted by molar-refractivity contribution is 7.14. The summed E-state index contributed by atoms with van der Waals surface area (Å²) >= 11 is 1.50. The Hall–Kier alpha value is -1.08. The summed E-state index contributed by atoms with van der Waals surface area (Å²) < 4.78 is 43.4. The number of fused-ring (bicyclic) bond motifs is 1. The molecule has 0 amide bonds. The van der Waals surface area contributed by atoms with Gasteiger partial charge in [0.25, 0.3) is 0 Å². The molecule has 0 N–H and O–H groups in total. The molecule has 3 rings (SSSR count). The van der Waals surface area contributed by atoms with Crippen LogP contribution in [0.3, 0.4) is 0 Å². The third kappa shape index (κ3) is 3.93. The van der Waals surface area contributed by atoms with Gasteiger partial charge in [0.15, 0.2) is 0 Å². The van der Waals surface area contributed by atoms with Gasteiger partial charge in [0.05, 0.1) is 13.0 Å². The highest BCUT2D eigenvalue weighted by atomic mass is 32.1. The van der Waals surface area contributed by atoms with Gasteiger partial charge in [0, 0.05) is 24.0 Å². The maximum absolute atomic E-state index is 12.9. The first-order valence-corrected chi connectivity index (χ1v) is 10.0. The van der Waals surface area contributed by atoms with E-state index in [-0.39, 0.29) is 24.9 Å². The smallest absolute Gasteiger partial charge is 0.391 e. The molecule has 26 heavy (non-hydrogen) atoms. The number of carbonyl (C=O) groups is 1. The fraction of sp³-hybridized carbons (Fsp3) is 0.737. The molecule has 1 saturated carbocycles. The van der Waals surface area contributed by atoms with Crippen LogP contribution in [0.1, 0.15) is 65.7 Å². The number of alkyl halides is 3. The van der Waals surface area contributed by atoms with Crippen molar-refractivity contribution in [1.29, 1.82) is 0 Å². The molecule has 0 aromatic carbocycles. The molecule has 2 heterocycles. The summed E-state index contributed by atoms with van der Waals surface area (Å²) in [5.74, 6) is -0.720. The maximum atomic E-state index is 12.9. The molecule has 1 aromatic heterocycles. The number of hydrogen-bond donors (Lipinski definition) is 0. The quantitative estimate of drug-likeness (QED) is 0.645. The van der Waals surface area contributed by atoms with Crippen LogP contribution in [0.15, 0.2) is 6.07 Å². The summed E-state index contributed by atoms with van der Waals surface area (Å²) in [7, 11) is 1.39. The third-order valence-corrected chi connectivity index (χ3v) is 6.93. The van der Waals surface area contributed by atoms with Crippen LogP contribution in [0.4, 0.5) is 13.2 Å². The van der Waals surface area contributed by atoms with Crippen molar-refractivity contribution in [2.45, 2.75) is 58.3 Å². The van der Waals surface area contributed by atoms with Crippen LogP contribution in [0.2, 0.25) is 0 Å². The van der Waals surface area contributed by atoms with E-state index >= 15 is 0 Å². The molecule has 0 bridgehead atoms. The zero-order valence-corrected chi connectivity index (χ0v) is 16.3. The monoisotopic (exact) mass is 389 g/mol. The summed E-state index contributed by atoms with van der Waals surface area (Å²) in [5, 5.41) is 0. The Balaban J connectivity index is 1.66. The molecule has 146 valence electrons. The Morgan fingerprint density at radius 1 is 1.31 bits per heavy atom. The van der Waals surface area contributed by atoms with E-state index in [1.165, 1.54) is 23.3 Å². The average molecular weight is 389 g/mol. The van der Waals surface area contributed by atoms with Crippen molar-refractivity contribution in [1.82, 2.24) is 4.90 Å². The van der Waals surface area contributed by atoms with E-state index in [0.29, 0.717) is 29.6 Å². The van der Waals surface area contributed by atoms with Crippen molar-refractivity contribution in [2.24, 2.45) is 17.8 Å². The molecular weight excluding hydrogens is 363 g/mol. The highest BCUT2D eigenvalue weighted by Gasteiger charge is 2.42. The molecule has 0 spiro atoms. The average Bonchev–Trinajstić information content (AvgIpc) is 3.10. The first-order valence-electron chi connectivity index (χ1n) is 9.22. The van der Waals surface area contributed by atoms with E-state index in [1.54, 1.807) is 0 Å². The third-order valence-electron chi connectivity index (χ3n) is 5.70. The van der Waals surface area contributed by atoms with E-state index in [2.05, 4.69) is 18.7 Å². The standard InChI is InChI=1S/C19H26F3NO2S/c1-11(2)16-17-13(8-15(26-17)18(24)25-3)10-23(16)9-12-4-6-14(7-5-12)19(20,21)22/h8,11-12,14,16H,4-7,9-10H2,1-3H3/t12-,14-,16-/m0/s1. The molecule has 2 aliphatic rings. The van der Waals surface area contributed by atoms with Crippen molar-refractivity contribution in [3.63, 3.8) is 0 Å². The van der Waals surface area contributed by atoms with Crippen LogP contribution in [0, 0.1) is 17.8 Å². The second-order valence-electron chi connectivity index (χ2n) is 7.87. The summed E-state index contributed by atoms with van der Waals surface area (Å²) in [4.78, 5) is 16.0. The molecule has 0 saturated heterocycles. The van der Waals surface area contributed by atoms with E-state index in [0.717, 1.165) is 18.7 Å². The topological polar surface area (TPSA) is 29.5 Å². The minimum absolute atomic E-state index is 0.230. The second-order valence-corrected chi connectivity index (χ2v) is 8.95. The van der Waals surface area contributed by atoms with Gasteiger partial charge in [-0.1, -0.05) is 13.8 Å². The lowest BCUT2D eigenvalue weighted by Gasteiger charge is -2.35. The predicted molar refractivity (Wildman–Crippen MR) is 95.2 cm³/mol. The molecule has 0 radical (unpaired) electrons. The Kier molecular flexibility index (Phi) is 5.68. The van der Waals surface area contributed by atoms with E-state index in [1.807, 2.05) is 6.07 Å². The van der Waals surface area contributed by atoms with Crippen LogP contribution in [0.5, 0.6) is 0 Å². The van der Waals surface area contributed by atoms with Crippen LogP contribution in [-0.4, -0.2) is 30.7 Å². The van der Waals surface area contributed by atoms with Gasteiger partial charge < -0.3 is 4.74 Å². The zero-order chi connectivity index (χ0) is 19.1. The molecule has 3 nitrogen and oxygen atoms in total. The summed E-state index contributed by atoms with van der Waals surface area (Å²) in [6.07, 6.45) is -2.25. The minimum Gasteiger partial charge on any atom is -0.465 e. The molecule has 1 aromatic rings. The van der Waals surface area contributed by atoms with Gasteiger partial charge in [-0.25, -0.2) is 4.79 Å². The predicted octanol–water partition coefficient (Wildman–Crippen LogP) is 5.42. The molecule has 1 fully saturated rings. The van der Waals surface area contributed by atoms with E-state index < -0.39 is 12.1 Å². The number of nitrogens with zero attached hydrogens (tertiary/aromatic N) is 1. The van der Waals surface area contributed by atoms with Gasteiger partial charge in [-0.2, -0.15) is 13.2 Å². The van der Waals surface area contributed by atoms with E-state index in [9.17, 15) is 18.0 Å². The first kappa shape index (κ1) is 19.7. The summed E-state index contributed by atoms with van der Waals surface area (Å²) in [5.41, 5.74) is 1.16. The second kappa shape index (κ2) is 7.50. The molecule has 7 heteroatoms. The molecule has 0 unspecified atom stereocenters. The first-order chi connectivity index (χ1) is 12.2. The molecule has 1 aliphatic carbocycles. The Labute approximate surface area is 156 Å². The van der Waals surface area contributed by atoms with Gasteiger partial charge in [0.1, 0.15) is 4.88 Å². The number of carbonyl (C=O) groups excluding carboxylic acids is 1. The highest BCUT2D eigenvalue weighted by Crippen LogP contribution is 2.46. The number of rotatable bonds is 4. The lowest BCUT2D eigenvalue weighted by atomic mass is 9.81. The van der Waals surface area contributed by atoms with Crippen LogP contribution >= 0.6 is 11.3 Å². The van der Waals surface area contributed by atoms with E-state index in [4.69, 9.17) is 4.74 Å². The summed E-state index contributed by atoms with van der Waals surface area (Å²) in [6.45, 7) is 5.92. The Morgan fingerprint density at radius 3 is 2.50 bits per heavy atom. The van der Waals surface area contributed by atoms with Gasteiger partial charge >= 0.3 is 12.1 Å². The number of halogens is 3. The fourth-order valence-corrected chi connectivity index (χ4v) is 5.81. The number of ether oxygens (including phenoxy) is 1. The normalized spacial score (nSPS) is 27.0. The van der Waals surface area contributed by atoms with Gasteiger partial charge in [-0.3, -0.25) is 4.90 Å². The van der Waals surface area contributed by atoms with Crippen molar-refractivity contribution < 1.29 is 22.7 Å². The van der Waals surface area contributed by atoms with Crippen molar-refractivity contribution in [3.8, 4) is 0 Å². The largest absolute Gasteiger partial charge is 0.465 e. The number of thiophene rings is 1. The molecule has 1 atom stereocenters. The molecule has 1 aliphatic heterocycles. The number of esters is 1. The maximum Gasteiger partial charge on any atom is 0.391 e. The van der Waals surface area contributed by atoms with Gasteiger partial charge in [-0.15, -0.1) is 11.3 Å². The van der Waals surface area contributed by atoms with Crippen molar-refractivity contribution in [3.05, 3.63) is 21.4 Å². The van der Waals surface area contributed by atoms with Crippen molar-refractivity contribution >= 4 is 17.3 Å². The van der Waals surface area contributed by atoms with Crippen LogP contribution < -0.4 is 0 Å². The van der Waals surface area contributed by atoms with Gasteiger partial charge in [-0.05, 0) is 49.1 Å². The zero-order valence-electron chi connectivity index (χ0n) is 15.4. The summed E-state index contributed by atoms with van der Waals surface area (Å²) in [6, 6.07) is 2.15.